The SMILES string of the molecule is CCOC(=O)[C@H](CCCN=C(N)N)N(OC)C(=O)OCC. The number of esters is 1. The third-order valence-corrected chi connectivity index (χ3v) is 2.42. The van der Waals surface area contributed by atoms with Gasteiger partial charge in [0.25, 0.3) is 0 Å². The molecule has 1 amide bonds. The summed E-state index contributed by atoms with van der Waals surface area (Å²) in [5, 5.41) is 0.858. The van der Waals surface area contributed by atoms with Crippen LogP contribution in [0.5, 0.6) is 0 Å². The minimum atomic E-state index is -0.914. The van der Waals surface area contributed by atoms with E-state index in [0.29, 0.717) is 13.0 Å². The van der Waals surface area contributed by atoms with Gasteiger partial charge in [0, 0.05) is 6.54 Å². The van der Waals surface area contributed by atoms with Crippen LogP contribution in [0.1, 0.15) is 26.7 Å². The number of hydroxylamine groups is 2. The number of rotatable bonds is 9. The second kappa shape index (κ2) is 10.7. The van der Waals surface area contributed by atoms with Gasteiger partial charge in [-0.15, -0.1) is 0 Å². The number of amides is 1. The van der Waals surface area contributed by atoms with Crippen molar-refractivity contribution in [2.24, 2.45) is 16.5 Å². The fraction of sp³-hybridized carbons (Fsp3) is 0.750. The van der Waals surface area contributed by atoms with E-state index in [2.05, 4.69) is 4.99 Å². The molecule has 0 spiro atoms. The van der Waals surface area contributed by atoms with E-state index in [9.17, 15) is 9.59 Å². The van der Waals surface area contributed by atoms with Gasteiger partial charge in [-0.1, -0.05) is 0 Å². The summed E-state index contributed by atoms with van der Waals surface area (Å²) >= 11 is 0. The molecule has 0 rings (SSSR count). The Morgan fingerprint density at radius 2 is 1.81 bits per heavy atom. The van der Waals surface area contributed by atoms with E-state index in [1.165, 1.54) is 7.11 Å². The van der Waals surface area contributed by atoms with Crippen LogP contribution in [0.3, 0.4) is 0 Å². The van der Waals surface area contributed by atoms with Crippen molar-refractivity contribution in [3.63, 3.8) is 0 Å². The van der Waals surface area contributed by atoms with Crippen LogP contribution in [0.15, 0.2) is 4.99 Å². The normalized spacial score (nSPS) is 11.4. The van der Waals surface area contributed by atoms with Crippen molar-refractivity contribution in [1.82, 2.24) is 5.06 Å². The van der Waals surface area contributed by atoms with Crippen molar-refractivity contribution in [3.05, 3.63) is 0 Å². The summed E-state index contributed by atoms with van der Waals surface area (Å²) in [5.41, 5.74) is 10.4. The van der Waals surface area contributed by atoms with Gasteiger partial charge in [-0.25, -0.2) is 9.59 Å². The van der Waals surface area contributed by atoms with Crippen molar-refractivity contribution in [2.75, 3.05) is 26.9 Å². The van der Waals surface area contributed by atoms with Crippen LogP contribution in [0, 0.1) is 0 Å². The van der Waals surface area contributed by atoms with E-state index in [4.69, 9.17) is 25.8 Å². The Kier molecular flexibility index (Phi) is 9.69. The molecule has 0 aromatic rings. The van der Waals surface area contributed by atoms with Gasteiger partial charge in [0.05, 0.1) is 20.3 Å². The molecule has 0 bridgehead atoms. The molecule has 0 aliphatic rings. The molecule has 0 aliphatic heterocycles. The highest BCUT2D eigenvalue weighted by Gasteiger charge is 2.32. The van der Waals surface area contributed by atoms with Gasteiger partial charge < -0.3 is 20.9 Å². The molecule has 0 fully saturated rings. The molecule has 0 radical (unpaired) electrons. The highest BCUT2D eigenvalue weighted by Crippen LogP contribution is 2.12. The lowest BCUT2D eigenvalue weighted by Gasteiger charge is -2.26. The summed E-state index contributed by atoms with van der Waals surface area (Å²) in [7, 11) is 1.28. The predicted molar refractivity (Wildman–Crippen MR) is 76.2 cm³/mol. The number of aliphatic imine (C=N–C) groups is 1. The van der Waals surface area contributed by atoms with Crippen molar-refractivity contribution >= 4 is 18.0 Å². The molecule has 0 saturated carbocycles. The summed E-state index contributed by atoms with van der Waals surface area (Å²) in [4.78, 5) is 32.5. The quantitative estimate of drug-likeness (QED) is 0.201. The van der Waals surface area contributed by atoms with Gasteiger partial charge in [0.1, 0.15) is 0 Å². The van der Waals surface area contributed by atoms with E-state index in [0.717, 1.165) is 5.06 Å². The standard InChI is InChI=1S/C12H24N4O5/c1-4-20-10(17)9(7-6-8-15-11(13)14)16(19-3)12(18)21-5-2/h9H,4-8H2,1-3H3,(H4,13,14,15)/t9-/m0/s1. The Balaban J connectivity index is 4.80. The Morgan fingerprint density at radius 3 is 2.29 bits per heavy atom. The average Bonchev–Trinajstić information content (AvgIpc) is 2.42. The van der Waals surface area contributed by atoms with Gasteiger partial charge in [0.2, 0.25) is 0 Å². The third kappa shape index (κ3) is 7.35. The zero-order valence-corrected chi connectivity index (χ0v) is 12.7. The smallest absolute Gasteiger partial charge is 0.434 e. The van der Waals surface area contributed by atoms with E-state index < -0.39 is 18.1 Å². The van der Waals surface area contributed by atoms with Crippen molar-refractivity contribution in [3.8, 4) is 0 Å². The van der Waals surface area contributed by atoms with Crippen molar-refractivity contribution < 1.29 is 23.9 Å². The van der Waals surface area contributed by atoms with E-state index in [1.54, 1.807) is 13.8 Å². The number of guanidine groups is 1. The molecule has 4 N–H and O–H groups in total. The highest BCUT2D eigenvalue weighted by molar-refractivity contribution is 5.80. The van der Waals surface area contributed by atoms with Crippen LogP contribution in [-0.2, 0) is 19.1 Å². The monoisotopic (exact) mass is 304 g/mol. The molecular weight excluding hydrogens is 280 g/mol. The lowest BCUT2D eigenvalue weighted by molar-refractivity contribution is -0.176. The molecule has 21 heavy (non-hydrogen) atoms. The molecule has 0 aliphatic carbocycles. The maximum absolute atomic E-state index is 11.9. The van der Waals surface area contributed by atoms with Crippen LogP contribution in [0.4, 0.5) is 4.79 Å². The van der Waals surface area contributed by atoms with Gasteiger partial charge in [0.15, 0.2) is 12.0 Å². The molecule has 0 aromatic carbocycles. The number of nitrogens with two attached hydrogens (primary N) is 2. The van der Waals surface area contributed by atoms with Gasteiger partial charge in [-0.3, -0.25) is 9.83 Å². The number of ether oxygens (including phenoxy) is 2. The maximum atomic E-state index is 11.9. The number of hydrogen-bond acceptors (Lipinski definition) is 6. The first kappa shape index (κ1) is 19.0. The molecule has 1 atom stereocenters. The van der Waals surface area contributed by atoms with Crippen LogP contribution in [-0.4, -0.2) is 56.0 Å². The summed E-state index contributed by atoms with van der Waals surface area (Å²) in [6.07, 6.45) is 0.00279. The summed E-state index contributed by atoms with van der Waals surface area (Å²) in [6.45, 7) is 4.03. The molecule has 9 nitrogen and oxygen atoms in total. The predicted octanol–water partition coefficient (Wildman–Crippen LogP) is -0.00840. The molecule has 0 heterocycles. The van der Waals surface area contributed by atoms with Crippen LogP contribution in [0.25, 0.3) is 0 Å². The molecule has 0 unspecified atom stereocenters. The number of carbonyl (C=O) groups is 2. The highest BCUT2D eigenvalue weighted by atomic mass is 16.7. The first-order chi connectivity index (χ1) is 9.97. The molecular formula is C12H24N4O5. The zero-order chi connectivity index (χ0) is 16.3. The lowest BCUT2D eigenvalue weighted by atomic mass is 10.1. The van der Waals surface area contributed by atoms with Crippen LogP contribution >= 0.6 is 0 Å². The lowest BCUT2D eigenvalue weighted by Crippen LogP contribution is -2.45. The Hall–Kier alpha value is -2.03. The first-order valence-corrected chi connectivity index (χ1v) is 6.69. The third-order valence-electron chi connectivity index (χ3n) is 2.42. The molecule has 9 heteroatoms. The van der Waals surface area contributed by atoms with Gasteiger partial charge in [-0.2, -0.15) is 5.06 Å². The van der Waals surface area contributed by atoms with E-state index in [-0.39, 0.29) is 25.6 Å². The fourth-order valence-electron chi connectivity index (χ4n) is 1.58. The van der Waals surface area contributed by atoms with E-state index >= 15 is 0 Å². The molecule has 0 saturated heterocycles. The largest absolute Gasteiger partial charge is 0.464 e. The second-order valence-corrected chi connectivity index (χ2v) is 3.92. The Labute approximate surface area is 124 Å². The number of carbonyl (C=O) groups excluding carboxylic acids is 2. The summed E-state index contributed by atoms with van der Waals surface area (Å²) in [5.74, 6) is -0.603. The summed E-state index contributed by atoms with van der Waals surface area (Å²) < 4.78 is 9.78. The minimum Gasteiger partial charge on any atom is -0.464 e. The zero-order valence-electron chi connectivity index (χ0n) is 12.7. The molecule has 122 valence electrons. The Morgan fingerprint density at radius 1 is 1.19 bits per heavy atom. The topological polar surface area (TPSA) is 129 Å². The van der Waals surface area contributed by atoms with Gasteiger partial charge >= 0.3 is 12.1 Å². The van der Waals surface area contributed by atoms with Crippen LogP contribution < -0.4 is 11.5 Å². The van der Waals surface area contributed by atoms with E-state index in [1.807, 2.05) is 0 Å². The number of nitrogens with zero attached hydrogens (tertiary/aromatic N) is 2. The van der Waals surface area contributed by atoms with Crippen molar-refractivity contribution in [1.29, 1.82) is 0 Å². The fourth-order valence-corrected chi connectivity index (χ4v) is 1.58. The average molecular weight is 304 g/mol. The summed E-state index contributed by atoms with van der Waals surface area (Å²) in [6, 6.07) is -0.914. The maximum Gasteiger partial charge on any atom is 0.434 e. The molecule has 0 aromatic heterocycles. The second-order valence-electron chi connectivity index (χ2n) is 3.92. The minimum absolute atomic E-state index is 0.0309. The van der Waals surface area contributed by atoms with Crippen LogP contribution in [0.2, 0.25) is 0 Å². The first-order valence-electron chi connectivity index (χ1n) is 6.69. The number of hydrogen-bond donors (Lipinski definition) is 2. The van der Waals surface area contributed by atoms with Gasteiger partial charge in [-0.05, 0) is 26.7 Å². The van der Waals surface area contributed by atoms with Crippen molar-refractivity contribution in [2.45, 2.75) is 32.7 Å². The Bertz CT molecular complexity index is 358.